The number of fused-ring (bicyclic) bond motifs is 1. The van der Waals surface area contributed by atoms with Crippen LogP contribution in [0.4, 0.5) is 10.1 Å². The summed E-state index contributed by atoms with van der Waals surface area (Å²) in [5.41, 5.74) is 12.7. The van der Waals surface area contributed by atoms with Crippen LogP contribution in [0.5, 0.6) is 0 Å². The van der Waals surface area contributed by atoms with E-state index in [2.05, 4.69) is 79.5 Å². The lowest BCUT2D eigenvalue weighted by Gasteiger charge is -2.12. The first-order chi connectivity index (χ1) is 19.4. The largest absolute Gasteiger partial charge is 0.512 e. The van der Waals surface area contributed by atoms with Gasteiger partial charge in [0.25, 0.3) is 0 Å². The van der Waals surface area contributed by atoms with Gasteiger partial charge in [0.05, 0.1) is 12.4 Å². The van der Waals surface area contributed by atoms with E-state index in [9.17, 15) is 14.3 Å². The first-order valence-electron chi connectivity index (χ1n) is 14.3. The van der Waals surface area contributed by atoms with E-state index < -0.39 is 0 Å². The van der Waals surface area contributed by atoms with Gasteiger partial charge in [-0.2, -0.15) is 0 Å². The van der Waals surface area contributed by atoms with Crippen molar-refractivity contribution >= 4 is 23.8 Å². The summed E-state index contributed by atoms with van der Waals surface area (Å²) in [5, 5.41) is 9.96. The van der Waals surface area contributed by atoms with Crippen LogP contribution in [-0.4, -0.2) is 22.2 Å². The highest BCUT2D eigenvalue weighted by Gasteiger charge is 2.13. The molecule has 0 atom stereocenters. The molecule has 2 aliphatic rings. The van der Waals surface area contributed by atoms with E-state index in [-0.39, 0.29) is 11.8 Å². The number of aromatic nitrogens is 1. The molecule has 0 saturated carbocycles. The van der Waals surface area contributed by atoms with Gasteiger partial charge in [-0.15, -0.1) is 0 Å². The van der Waals surface area contributed by atoms with Gasteiger partial charge in [0.15, 0.2) is 0 Å². The van der Waals surface area contributed by atoms with E-state index >= 15 is 0 Å². The molecule has 0 amide bonds. The Hall–Kier alpha value is -3.80. The Morgan fingerprint density at radius 2 is 1.76 bits per heavy atom. The van der Waals surface area contributed by atoms with Crippen LogP contribution in [0.25, 0.3) is 12.2 Å². The van der Waals surface area contributed by atoms with Crippen molar-refractivity contribution in [1.29, 1.82) is 0 Å². The molecule has 0 aliphatic heterocycles. The number of anilines is 1. The van der Waals surface area contributed by atoms with Gasteiger partial charge in [-0.1, -0.05) is 64.1 Å². The van der Waals surface area contributed by atoms with Gasteiger partial charge in [0, 0.05) is 37.0 Å². The number of aliphatic hydroxyl groups is 1. The van der Waals surface area contributed by atoms with Crippen LogP contribution >= 0.6 is 0 Å². The first-order valence-corrected chi connectivity index (χ1v) is 14.3. The maximum absolute atomic E-state index is 12.8. The van der Waals surface area contributed by atoms with Gasteiger partial charge in [-0.05, 0) is 92.2 Å². The molecule has 41 heavy (non-hydrogen) atoms. The lowest BCUT2D eigenvalue weighted by atomic mass is 10.1. The zero-order valence-electron chi connectivity index (χ0n) is 26.1. The van der Waals surface area contributed by atoms with Crippen molar-refractivity contribution < 1.29 is 19.0 Å². The van der Waals surface area contributed by atoms with Crippen molar-refractivity contribution in [3.05, 3.63) is 99.9 Å². The fourth-order valence-electron chi connectivity index (χ4n) is 3.97. The van der Waals surface area contributed by atoms with Gasteiger partial charge < -0.3 is 20.1 Å². The number of carbonyl (C=O) groups excluding carboxylic acids is 1. The van der Waals surface area contributed by atoms with E-state index in [1.165, 1.54) is 35.5 Å². The summed E-state index contributed by atoms with van der Waals surface area (Å²) < 4.78 is 19.5. The molecular weight excluding hydrogens is 515 g/mol. The second kappa shape index (κ2) is 18.5. The lowest BCUT2D eigenvalue weighted by molar-refractivity contribution is -0.140. The fraction of sp³-hybridized carbons (Fsp3) is 0.400. The monoisotopic (exact) mass is 564 g/mol. The summed E-state index contributed by atoms with van der Waals surface area (Å²) in [4.78, 5) is 9.82. The molecule has 0 radical (unpaired) electrons. The molecule has 6 heteroatoms. The number of carbonyl (C=O) groups is 1. The van der Waals surface area contributed by atoms with Crippen LogP contribution in [0.3, 0.4) is 0 Å². The number of aliphatic hydroxyl groups excluding tert-OH is 1. The van der Waals surface area contributed by atoms with Gasteiger partial charge in [0.1, 0.15) is 5.82 Å². The fourth-order valence-corrected chi connectivity index (χ4v) is 3.97. The van der Waals surface area contributed by atoms with Crippen LogP contribution in [0.15, 0.2) is 71.6 Å². The van der Waals surface area contributed by atoms with Crippen LogP contribution in [0.2, 0.25) is 0 Å². The molecular formula is C35H49FN2O3. The number of nitrogen functional groups attached to an aromatic ring is 1. The Labute approximate surface area is 246 Å². The second-order valence-corrected chi connectivity index (χ2v) is 10.7. The van der Waals surface area contributed by atoms with Gasteiger partial charge in [0.2, 0.25) is 0 Å². The Morgan fingerprint density at radius 1 is 1.10 bits per heavy atom. The highest BCUT2D eigenvalue weighted by atomic mass is 19.1. The Morgan fingerprint density at radius 3 is 2.32 bits per heavy atom. The van der Waals surface area contributed by atoms with Crippen LogP contribution in [-0.2, 0) is 22.5 Å². The summed E-state index contributed by atoms with van der Waals surface area (Å²) in [7, 11) is 0. The number of hydrogen-bond acceptors (Lipinski definition) is 4. The highest BCUT2D eigenvalue weighted by molar-refractivity contribution is 5.67. The molecule has 2 aliphatic carbocycles. The predicted molar refractivity (Wildman–Crippen MR) is 172 cm³/mol. The van der Waals surface area contributed by atoms with E-state index in [1.807, 2.05) is 19.9 Å². The number of esters is 1. The molecule has 1 heterocycles. The summed E-state index contributed by atoms with van der Waals surface area (Å²) in [6.07, 6.45) is 17.2. The molecule has 0 spiro atoms. The number of rotatable bonds is 4. The predicted octanol–water partition coefficient (Wildman–Crippen LogP) is 9.15. The van der Waals surface area contributed by atoms with E-state index in [1.54, 1.807) is 19.1 Å². The molecule has 3 N–H and O–H groups in total. The minimum atomic E-state index is -0.211. The average molecular weight is 565 g/mol. The zero-order valence-corrected chi connectivity index (χ0v) is 26.1. The molecule has 0 bridgehead atoms. The summed E-state index contributed by atoms with van der Waals surface area (Å²) in [6, 6.07) is 7.00. The molecule has 2 aromatic rings. The molecule has 0 unspecified atom stereocenters. The zero-order chi connectivity index (χ0) is 30.9. The molecule has 4 rings (SSSR count). The van der Waals surface area contributed by atoms with Crippen LogP contribution in [0.1, 0.15) is 83.8 Å². The van der Waals surface area contributed by atoms with Gasteiger partial charge in [-0.3, -0.25) is 4.79 Å². The average Bonchev–Trinajstić information content (AvgIpc) is 3.01. The van der Waals surface area contributed by atoms with Crippen LogP contribution in [0, 0.1) is 18.7 Å². The third-order valence-corrected chi connectivity index (χ3v) is 5.77. The molecule has 224 valence electrons. The van der Waals surface area contributed by atoms with E-state index in [0.29, 0.717) is 36.5 Å². The second-order valence-electron chi connectivity index (χ2n) is 10.7. The Kier molecular flexibility index (Phi) is 15.9. The lowest BCUT2D eigenvalue weighted by Crippen LogP contribution is -2.06. The number of benzene rings is 1. The number of nitrogens with two attached hydrogens (primary N) is 1. The minimum Gasteiger partial charge on any atom is -0.512 e. The van der Waals surface area contributed by atoms with Crippen molar-refractivity contribution in [3.63, 3.8) is 0 Å². The topological polar surface area (TPSA) is 77.5 Å². The summed E-state index contributed by atoms with van der Waals surface area (Å²) in [5.74, 6) is 0.860. The van der Waals surface area contributed by atoms with Crippen molar-refractivity contribution in [1.82, 2.24) is 4.57 Å². The van der Waals surface area contributed by atoms with E-state index in [4.69, 9.17) is 5.73 Å². The Balaban J connectivity index is 0.000000348. The quantitative estimate of drug-likeness (QED) is 0.287. The van der Waals surface area contributed by atoms with Crippen LogP contribution < -0.4 is 5.73 Å². The van der Waals surface area contributed by atoms with Crippen molar-refractivity contribution in [2.75, 3.05) is 12.3 Å². The molecule has 5 nitrogen and oxygen atoms in total. The molecule has 0 saturated heterocycles. The standard InChI is InChI=1S/C19H21NO.C8H10FN.C4H8O2.C4H10/c1-14-8-9-16(12-18(21)10-14)13-20-15(2)11-17-6-4-3-5-7-19(17)20;1-2-6-3-4-7(10)5-8(6)9;1-3-6-4(2)5;1-4(2)3/h4-11,21H,3,12-13H2,1-2H3;3-5H,2,10H2,1H3;3H2,1-2H3;4H,1-3H3. The number of ether oxygens (including phenoxy) is 1. The maximum Gasteiger partial charge on any atom is 0.302 e. The van der Waals surface area contributed by atoms with Gasteiger partial charge in [-0.25, -0.2) is 4.39 Å². The SMILES string of the molecule is CC(C)C.CC1=CC=C(Cn2c(C)cc3c2C=CCC=C3)CC(O)=C1.CCOC(C)=O.CCc1ccc(N)cc1F. The maximum atomic E-state index is 12.8. The molecule has 0 fully saturated rings. The number of hydrogen-bond donors (Lipinski definition) is 2. The number of aryl methyl sites for hydroxylation is 2. The Bertz CT molecular complexity index is 1270. The molecule has 1 aromatic carbocycles. The normalized spacial score (nSPS) is 13.4. The van der Waals surface area contributed by atoms with E-state index in [0.717, 1.165) is 24.5 Å². The number of allylic oxidation sites excluding steroid dienone is 7. The first kappa shape index (κ1) is 35.2. The summed E-state index contributed by atoms with van der Waals surface area (Å²) >= 11 is 0. The van der Waals surface area contributed by atoms with Crippen molar-refractivity contribution in [2.24, 2.45) is 5.92 Å². The minimum absolute atomic E-state index is 0.206. The smallest absolute Gasteiger partial charge is 0.302 e. The van der Waals surface area contributed by atoms with Crippen molar-refractivity contribution in [3.8, 4) is 0 Å². The summed E-state index contributed by atoms with van der Waals surface area (Å²) in [6.45, 7) is 17.0. The third kappa shape index (κ3) is 13.9. The van der Waals surface area contributed by atoms with Crippen molar-refractivity contribution in [2.45, 2.75) is 81.2 Å². The highest BCUT2D eigenvalue weighted by Crippen LogP contribution is 2.25. The molecule has 1 aromatic heterocycles. The third-order valence-electron chi connectivity index (χ3n) is 5.77. The number of halogens is 1. The van der Waals surface area contributed by atoms with Gasteiger partial charge >= 0.3 is 5.97 Å². The number of nitrogens with zero attached hydrogens (tertiary/aromatic N) is 1.